The molecule has 2 atom stereocenters. The molecule has 1 fully saturated rings. The van der Waals surface area contributed by atoms with Gasteiger partial charge in [0.1, 0.15) is 0 Å². The number of hydrogen-bond donors (Lipinski definition) is 4. The lowest BCUT2D eigenvalue weighted by Gasteiger charge is -2.21. The molecule has 0 bridgehead atoms. The van der Waals surface area contributed by atoms with E-state index in [4.69, 9.17) is 20.0 Å². The molecule has 0 aromatic rings. The smallest absolute Gasteiger partial charge is 0.340 e. The van der Waals surface area contributed by atoms with Gasteiger partial charge in [0, 0.05) is 0 Å². The molecule has 4 N–H and O–H groups in total. The molecule has 1 saturated heterocycles. The zero-order valence-corrected chi connectivity index (χ0v) is 13.3. The molecule has 0 amide bonds. The van der Waals surface area contributed by atoms with E-state index >= 15 is 0 Å². The first kappa shape index (κ1) is 19.1. The summed E-state index contributed by atoms with van der Waals surface area (Å²) in [7, 11) is -5.00. The molecule has 1 rings (SSSR count). The Morgan fingerprint density at radius 3 is 2.05 bits per heavy atom. The molecular formula is C13H24NO7P. The lowest BCUT2D eigenvalue weighted by molar-refractivity contribution is -0.148. The summed E-state index contributed by atoms with van der Waals surface area (Å²) in [5.74, 6) is -4.81. The number of hydrogen-bond acceptors (Lipinski definition) is 4. The number of aliphatic carboxylic acids is 2. The van der Waals surface area contributed by atoms with Gasteiger partial charge in [0.25, 0.3) is 0 Å². The van der Waals surface area contributed by atoms with Crippen LogP contribution in [0, 0.1) is 5.92 Å². The Hall–Kier alpha value is -0.950. The molecule has 0 spiro atoms. The van der Waals surface area contributed by atoms with E-state index < -0.39 is 31.1 Å². The quantitative estimate of drug-likeness (QED) is 0.342. The van der Waals surface area contributed by atoms with E-state index in [9.17, 15) is 14.2 Å². The van der Waals surface area contributed by atoms with Crippen LogP contribution in [0.4, 0.5) is 0 Å². The largest absolute Gasteiger partial charge is 0.481 e. The second-order valence-electron chi connectivity index (χ2n) is 5.71. The molecule has 0 radical (unpaired) electrons. The van der Waals surface area contributed by atoms with Crippen molar-refractivity contribution in [2.75, 3.05) is 19.6 Å². The van der Waals surface area contributed by atoms with Crippen LogP contribution in [0.1, 0.15) is 38.5 Å². The van der Waals surface area contributed by atoms with Crippen LogP contribution < -0.4 is 0 Å². The molecule has 0 aromatic carbocycles. The van der Waals surface area contributed by atoms with E-state index in [1.54, 1.807) is 0 Å². The van der Waals surface area contributed by atoms with Gasteiger partial charge in [-0.15, -0.1) is 0 Å². The average Bonchev–Trinajstić information content (AvgIpc) is 2.87. The zero-order valence-electron chi connectivity index (χ0n) is 12.4. The number of likely N-dealkylation sites (tertiary alicyclic amines) is 1. The molecule has 2 unspecified atom stereocenters. The summed E-state index contributed by atoms with van der Waals surface area (Å²) in [5, 5.41) is 18.0. The second-order valence-corrected chi connectivity index (χ2v) is 7.45. The fourth-order valence-corrected chi connectivity index (χ4v) is 3.88. The number of carboxylic acid groups (broad SMARTS) is 2. The van der Waals surface area contributed by atoms with Gasteiger partial charge in [-0.3, -0.25) is 14.2 Å². The van der Waals surface area contributed by atoms with Crippen molar-refractivity contribution in [1.82, 2.24) is 4.90 Å². The minimum absolute atomic E-state index is 0.0442. The highest BCUT2D eigenvalue weighted by Crippen LogP contribution is 2.46. The van der Waals surface area contributed by atoms with Crippen molar-refractivity contribution in [3.05, 3.63) is 0 Å². The van der Waals surface area contributed by atoms with E-state index in [1.807, 2.05) is 0 Å². The van der Waals surface area contributed by atoms with Gasteiger partial charge < -0.3 is 24.9 Å². The molecule has 0 saturated carbocycles. The van der Waals surface area contributed by atoms with Crippen LogP contribution in [0.2, 0.25) is 0 Å². The van der Waals surface area contributed by atoms with Gasteiger partial charge >= 0.3 is 19.5 Å². The fourth-order valence-electron chi connectivity index (χ4n) is 2.85. The zero-order chi connectivity index (χ0) is 16.8. The number of unbranched alkanes of at least 4 members (excludes halogenated alkanes) is 2. The highest BCUT2D eigenvalue weighted by atomic mass is 31.2. The van der Waals surface area contributed by atoms with Gasteiger partial charge in [0.2, 0.25) is 0 Å². The van der Waals surface area contributed by atoms with Gasteiger partial charge in [-0.2, -0.15) is 0 Å². The van der Waals surface area contributed by atoms with E-state index in [0.717, 1.165) is 26.1 Å². The summed E-state index contributed by atoms with van der Waals surface area (Å²) in [6.45, 7) is 3.09. The Morgan fingerprint density at radius 2 is 1.59 bits per heavy atom. The van der Waals surface area contributed by atoms with Crippen LogP contribution in [-0.4, -0.2) is 62.1 Å². The third kappa shape index (κ3) is 6.04. The Balaban J connectivity index is 2.44. The number of nitrogens with zero attached hydrogens (tertiary/aromatic N) is 1. The van der Waals surface area contributed by atoms with E-state index in [0.29, 0.717) is 12.8 Å². The second kappa shape index (κ2) is 8.62. The molecule has 9 heteroatoms. The van der Waals surface area contributed by atoms with E-state index in [-0.39, 0.29) is 6.42 Å². The van der Waals surface area contributed by atoms with E-state index in [2.05, 4.69) is 4.90 Å². The number of carbonyl (C=O) groups is 2. The van der Waals surface area contributed by atoms with Crippen molar-refractivity contribution in [3.63, 3.8) is 0 Å². The topological polar surface area (TPSA) is 135 Å². The first-order valence-corrected chi connectivity index (χ1v) is 9.15. The molecular weight excluding hydrogens is 313 g/mol. The summed E-state index contributed by atoms with van der Waals surface area (Å²) < 4.78 is 11.2. The third-order valence-corrected chi connectivity index (χ3v) is 5.31. The SMILES string of the molecule is O=C(O)C(CCCCCN1CCCC1)C(C(=O)O)P(=O)(O)O. The normalized spacial score (nSPS) is 19.0. The molecule has 128 valence electrons. The van der Waals surface area contributed by atoms with Crippen LogP contribution in [-0.2, 0) is 14.2 Å². The van der Waals surface area contributed by atoms with Crippen molar-refractivity contribution in [2.45, 2.75) is 44.2 Å². The molecule has 22 heavy (non-hydrogen) atoms. The van der Waals surface area contributed by atoms with Crippen molar-refractivity contribution in [2.24, 2.45) is 5.92 Å². The standard InChI is InChI=1S/C13H24NO7P/c15-12(16)10(11(13(17)18)22(19,20)21)6-2-1-3-7-14-8-4-5-9-14/h10-11H,1-9H2,(H,15,16)(H,17,18)(H2,19,20,21). The van der Waals surface area contributed by atoms with Crippen LogP contribution >= 0.6 is 7.60 Å². The third-order valence-electron chi connectivity index (χ3n) is 4.00. The summed E-state index contributed by atoms with van der Waals surface area (Å²) in [6.07, 6.45) is 4.38. The van der Waals surface area contributed by atoms with Gasteiger partial charge in [0.15, 0.2) is 5.66 Å². The fraction of sp³-hybridized carbons (Fsp3) is 0.846. The summed E-state index contributed by atoms with van der Waals surface area (Å²) in [5.41, 5.74) is -2.18. The lowest BCUT2D eigenvalue weighted by Crippen LogP contribution is -2.35. The molecule has 0 aliphatic carbocycles. The van der Waals surface area contributed by atoms with Crippen LogP contribution in [0.15, 0.2) is 0 Å². The summed E-state index contributed by atoms with van der Waals surface area (Å²) in [4.78, 5) is 42.6. The highest BCUT2D eigenvalue weighted by Gasteiger charge is 2.45. The van der Waals surface area contributed by atoms with Crippen molar-refractivity contribution >= 4 is 19.5 Å². The Labute approximate surface area is 129 Å². The van der Waals surface area contributed by atoms with Crippen LogP contribution in [0.5, 0.6) is 0 Å². The van der Waals surface area contributed by atoms with Crippen LogP contribution in [0.3, 0.4) is 0 Å². The minimum Gasteiger partial charge on any atom is -0.481 e. The Bertz CT molecular complexity index is 430. The lowest BCUT2D eigenvalue weighted by atomic mass is 9.97. The van der Waals surface area contributed by atoms with Gasteiger partial charge in [-0.05, 0) is 45.3 Å². The monoisotopic (exact) mass is 337 g/mol. The number of rotatable bonds is 10. The summed E-state index contributed by atoms with van der Waals surface area (Å²) in [6, 6.07) is 0. The maximum atomic E-state index is 11.2. The minimum atomic E-state index is -5.00. The predicted molar refractivity (Wildman–Crippen MR) is 78.7 cm³/mol. The predicted octanol–water partition coefficient (Wildman–Crippen LogP) is 0.974. The first-order chi connectivity index (χ1) is 10.2. The maximum Gasteiger partial charge on any atom is 0.340 e. The molecule has 1 aliphatic rings. The maximum absolute atomic E-state index is 11.2. The van der Waals surface area contributed by atoms with Crippen molar-refractivity contribution in [1.29, 1.82) is 0 Å². The van der Waals surface area contributed by atoms with Crippen molar-refractivity contribution in [3.8, 4) is 0 Å². The van der Waals surface area contributed by atoms with Crippen molar-refractivity contribution < 1.29 is 34.2 Å². The Morgan fingerprint density at radius 1 is 1.00 bits per heavy atom. The first-order valence-electron chi connectivity index (χ1n) is 7.46. The average molecular weight is 337 g/mol. The Kier molecular flexibility index (Phi) is 7.48. The van der Waals surface area contributed by atoms with Gasteiger partial charge in [-0.25, -0.2) is 0 Å². The van der Waals surface area contributed by atoms with Gasteiger partial charge in [-0.1, -0.05) is 12.8 Å². The molecule has 0 aromatic heterocycles. The molecule has 8 nitrogen and oxygen atoms in total. The van der Waals surface area contributed by atoms with E-state index in [1.165, 1.54) is 12.8 Å². The van der Waals surface area contributed by atoms with Gasteiger partial charge in [0.05, 0.1) is 5.92 Å². The molecule has 1 aliphatic heterocycles. The summed E-state index contributed by atoms with van der Waals surface area (Å²) >= 11 is 0. The van der Waals surface area contributed by atoms with Crippen LogP contribution in [0.25, 0.3) is 0 Å². The highest BCUT2D eigenvalue weighted by molar-refractivity contribution is 7.53. The number of carboxylic acids is 2. The molecule has 1 heterocycles.